The fourth-order valence-electron chi connectivity index (χ4n) is 4.15. The van der Waals surface area contributed by atoms with Crippen molar-refractivity contribution in [1.29, 1.82) is 0 Å². The van der Waals surface area contributed by atoms with Gasteiger partial charge in [0.25, 0.3) is 0 Å². The third kappa shape index (κ3) is 7.10. The van der Waals surface area contributed by atoms with E-state index in [4.69, 9.17) is 9.47 Å². The third-order valence-electron chi connectivity index (χ3n) is 6.08. The molecule has 206 valence electrons. The highest BCUT2D eigenvalue weighted by Crippen LogP contribution is 2.19. The molecule has 4 aromatic rings. The van der Waals surface area contributed by atoms with Crippen LogP contribution in [-0.4, -0.2) is 98.5 Å². The largest absolute Gasteiger partial charge is 0.377 e. The molecule has 0 aliphatic carbocycles. The molecule has 0 amide bonds. The predicted molar refractivity (Wildman–Crippen MR) is 145 cm³/mol. The topological polar surface area (TPSA) is 120 Å². The maximum absolute atomic E-state index is 12.2. The van der Waals surface area contributed by atoms with Gasteiger partial charge in [-0.3, -0.25) is 4.68 Å². The molecule has 4 aromatic heterocycles. The Morgan fingerprint density at radius 3 is 2.23 bits per heavy atom. The van der Waals surface area contributed by atoms with Crippen molar-refractivity contribution in [3.05, 3.63) is 66.8 Å². The minimum absolute atomic E-state index is 0.0324. The minimum Gasteiger partial charge on any atom is -0.377 e. The lowest BCUT2D eigenvalue weighted by Crippen LogP contribution is -2.56. The summed E-state index contributed by atoms with van der Waals surface area (Å²) in [5.74, 6) is 7.98. The van der Waals surface area contributed by atoms with E-state index in [-0.39, 0.29) is 12.6 Å². The summed E-state index contributed by atoms with van der Waals surface area (Å²) in [4.78, 5) is 30.9. The number of aryl methyl sites for hydroxylation is 1. The van der Waals surface area contributed by atoms with Gasteiger partial charge >= 0.3 is 0 Å². The van der Waals surface area contributed by atoms with E-state index >= 15 is 0 Å². The first-order valence-corrected chi connectivity index (χ1v) is 12.8. The number of anilines is 2. The van der Waals surface area contributed by atoms with Gasteiger partial charge in [0, 0.05) is 70.1 Å². The van der Waals surface area contributed by atoms with E-state index in [1.165, 1.54) is 0 Å². The second kappa shape index (κ2) is 13.5. The molecule has 5 heterocycles. The quantitative estimate of drug-likeness (QED) is 0.214. The van der Waals surface area contributed by atoms with Crippen LogP contribution in [0.1, 0.15) is 11.1 Å². The minimum atomic E-state index is -0.505. The highest BCUT2D eigenvalue weighted by molar-refractivity contribution is 5.52. The van der Waals surface area contributed by atoms with Crippen LogP contribution < -0.4 is 9.80 Å². The molecule has 0 saturated carbocycles. The summed E-state index contributed by atoms with van der Waals surface area (Å²) in [7, 11) is 1.85. The molecule has 1 atom stereocenters. The smallest absolute Gasteiger partial charge is 0.225 e. The lowest BCUT2D eigenvalue weighted by Gasteiger charge is -2.41. The van der Waals surface area contributed by atoms with E-state index in [1.54, 1.807) is 54.1 Å². The Hall–Kier alpha value is -4.54. The van der Waals surface area contributed by atoms with Crippen molar-refractivity contribution in [1.82, 2.24) is 39.7 Å². The van der Waals surface area contributed by atoms with Crippen LogP contribution in [0.25, 0.3) is 11.4 Å². The normalized spacial score (nSPS) is 15.1. The van der Waals surface area contributed by atoms with Crippen molar-refractivity contribution < 1.29 is 13.9 Å². The average Bonchev–Trinajstić information content (AvgIpc) is 3.45. The number of aromatic nitrogens is 8. The van der Waals surface area contributed by atoms with Crippen LogP contribution in [0.5, 0.6) is 0 Å². The van der Waals surface area contributed by atoms with E-state index < -0.39 is 6.67 Å². The van der Waals surface area contributed by atoms with Gasteiger partial charge in [-0.25, -0.2) is 34.3 Å². The molecule has 1 aliphatic heterocycles. The summed E-state index contributed by atoms with van der Waals surface area (Å²) in [6.45, 7) is 2.71. The lowest BCUT2D eigenvalue weighted by atomic mass is 10.2. The highest BCUT2D eigenvalue weighted by atomic mass is 19.1. The second-order valence-electron chi connectivity index (χ2n) is 8.94. The summed E-state index contributed by atoms with van der Waals surface area (Å²) in [5.41, 5.74) is 2.22. The van der Waals surface area contributed by atoms with Gasteiger partial charge in [0.1, 0.15) is 6.67 Å². The van der Waals surface area contributed by atoms with E-state index in [2.05, 4.69) is 56.6 Å². The number of hydrogen-bond donors (Lipinski definition) is 0. The van der Waals surface area contributed by atoms with Gasteiger partial charge in [0.2, 0.25) is 11.9 Å². The number of piperazine rings is 1. The van der Waals surface area contributed by atoms with Crippen LogP contribution >= 0.6 is 0 Å². The summed E-state index contributed by atoms with van der Waals surface area (Å²) in [5, 5.41) is 4.14. The van der Waals surface area contributed by atoms with Crippen LogP contribution in [0.15, 0.2) is 55.6 Å². The average molecular weight is 545 g/mol. The van der Waals surface area contributed by atoms with Gasteiger partial charge in [0.15, 0.2) is 5.82 Å². The van der Waals surface area contributed by atoms with Crippen LogP contribution in [0.4, 0.5) is 16.3 Å². The highest BCUT2D eigenvalue weighted by Gasteiger charge is 2.30. The van der Waals surface area contributed by atoms with E-state index in [0.717, 1.165) is 5.56 Å². The van der Waals surface area contributed by atoms with Crippen LogP contribution in [0, 0.1) is 11.8 Å². The van der Waals surface area contributed by atoms with Crippen molar-refractivity contribution in [2.75, 3.05) is 62.5 Å². The Morgan fingerprint density at radius 2 is 1.55 bits per heavy atom. The molecular weight excluding hydrogens is 515 g/mol. The second-order valence-corrected chi connectivity index (χ2v) is 8.94. The van der Waals surface area contributed by atoms with Gasteiger partial charge in [-0.1, -0.05) is 11.8 Å². The standard InChI is InChI=1S/C27H29FN10O2/c1-36-18-23(17-35-36)25-31-13-21(14-32-25)3-4-22-15-33-26(34-16-22)37-8-9-38(27-29-6-2-7-30-27)24(19-37)20-40-12-11-39-10-5-28/h2,6-7,13-18,24H,5,8-12,19-20H2,1H3/t24-/m1/s1. The summed E-state index contributed by atoms with van der Waals surface area (Å²) in [6.07, 6.45) is 13.8. The Balaban J connectivity index is 1.21. The summed E-state index contributed by atoms with van der Waals surface area (Å²) < 4.78 is 24.9. The molecule has 1 saturated heterocycles. The van der Waals surface area contributed by atoms with Gasteiger partial charge in [-0.2, -0.15) is 5.10 Å². The Labute approximate surface area is 231 Å². The molecular formula is C27H29FN10O2. The van der Waals surface area contributed by atoms with Crippen LogP contribution in [0.2, 0.25) is 0 Å². The lowest BCUT2D eigenvalue weighted by molar-refractivity contribution is 0.0371. The number of hydrogen-bond acceptors (Lipinski definition) is 11. The Kier molecular flexibility index (Phi) is 9.13. The Morgan fingerprint density at radius 1 is 0.850 bits per heavy atom. The molecule has 0 N–H and O–H groups in total. The molecule has 0 unspecified atom stereocenters. The molecule has 1 fully saturated rings. The molecule has 0 spiro atoms. The molecule has 0 bridgehead atoms. The third-order valence-corrected chi connectivity index (χ3v) is 6.08. The van der Waals surface area contributed by atoms with Crippen molar-refractivity contribution >= 4 is 11.9 Å². The van der Waals surface area contributed by atoms with E-state index in [9.17, 15) is 4.39 Å². The fourth-order valence-corrected chi connectivity index (χ4v) is 4.15. The first kappa shape index (κ1) is 27.0. The number of nitrogens with zero attached hydrogens (tertiary/aromatic N) is 10. The maximum Gasteiger partial charge on any atom is 0.225 e. The van der Waals surface area contributed by atoms with Crippen LogP contribution in [-0.2, 0) is 16.5 Å². The van der Waals surface area contributed by atoms with E-state index in [0.29, 0.717) is 68.3 Å². The first-order valence-electron chi connectivity index (χ1n) is 12.8. The number of halogens is 1. The zero-order valence-electron chi connectivity index (χ0n) is 22.1. The zero-order chi connectivity index (χ0) is 27.6. The van der Waals surface area contributed by atoms with Gasteiger partial charge < -0.3 is 19.3 Å². The molecule has 12 nitrogen and oxygen atoms in total. The SMILES string of the molecule is Cn1cc(-c2ncc(C#Cc3cnc(N4CCN(c5ncccn5)[C@@H](COCCOCCF)C4)nc3)cn2)cn1. The predicted octanol–water partition coefficient (Wildman–Crippen LogP) is 1.55. The molecule has 5 rings (SSSR count). The molecule has 0 radical (unpaired) electrons. The maximum atomic E-state index is 12.2. The van der Waals surface area contributed by atoms with Crippen molar-refractivity contribution in [2.24, 2.45) is 7.05 Å². The molecule has 0 aromatic carbocycles. The summed E-state index contributed by atoms with van der Waals surface area (Å²) in [6, 6.07) is 1.76. The number of alkyl halides is 1. The van der Waals surface area contributed by atoms with Gasteiger partial charge in [-0.15, -0.1) is 0 Å². The van der Waals surface area contributed by atoms with Crippen molar-refractivity contribution in [3.8, 4) is 23.2 Å². The summed E-state index contributed by atoms with van der Waals surface area (Å²) >= 11 is 0. The molecule has 1 aliphatic rings. The van der Waals surface area contributed by atoms with Crippen LogP contribution in [0.3, 0.4) is 0 Å². The molecule has 13 heteroatoms. The fraction of sp³-hybridized carbons (Fsp3) is 0.370. The monoisotopic (exact) mass is 544 g/mol. The van der Waals surface area contributed by atoms with Gasteiger partial charge in [-0.05, 0) is 6.07 Å². The molecule has 40 heavy (non-hydrogen) atoms. The van der Waals surface area contributed by atoms with Gasteiger partial charge in [0.05, 0.1) is 55.4 Å². The number of ether oxygens (including phenoxy) is 2. The van der Waals surface area contributed by atoms with Crippen molar-refractivity contribution in [2.45, 2.75) is 6.04 Å². The first-order chi connectivity index (χ1) is 19.7. The van der Waals surface area contributed by atoms with E-state index in [1.807, 2.05) is 13.2 Å². The zero-order valence-corrected chi connectivity index (χ0v) is 22.1. The Bertz CT molecular complexity index is 1410. The van der Waals surface area contributed by atoms with Crippen molar-refractivity contribution in [3.63, 3.8) is 0 Å². The number of rotatable bonds is 10.